The summed E-state index contributed by atoms with van der Waals surface area (Å²) < 4.78 is 0. The van der Waals surface area contributed by atoms with E-state index in [2.05, 4.69) is 41.5 Å². The molecule has 1 aromatic carbocycles. The van der Waals surface area contributed by atoms with Gasteiger partial charge in [-0.05, 0) is 58.4 Å². The molecule has 0 aromatic heterocycles. The lowest BCUT2D eigenvalue weighted by molar-refractivity contribution is 0.0843. The van der Waals surface area contributed by atoms with Crippen molar-refractivity contribution >= 4 is 0 Å². The van der Waals surface area contributed by atoms with E-state index in [0.717, 1.165) is 29.5 Å². The van der Waals surface area contributed by atoms with Crippen molar-refractivity contribution in [3.8, 4) is 5.75 Å². The van der Waals surface area contributed by atoms with E-state index < -0.39 is 12.1 Å². The highest BCUT2D eigenvalue weighted by atomic mass is 16.3. The van der Waals surface area contributed by atoms with Crippen LogP contribution in [0.3, 0.4) is 0 Å². The first-order valence-corrected chi connectivity index (χ1v) is 9.24. The van der Waals surface area contributed by atoms with E-state index in [1.54, 1.807) is 0 Å². The Hall–Kier alpha value is -1.06. The molecule has 0 radical (unpaired) electrons. The molecule has 2 atom stereocenters. The van der Waals surface area contributed by atoms with Gasteiger partial charge in [-0.15, -0.1) is 0 Å². The Labute approximate surface area is 147 Å². The highest BCUT2D eigenvalue weighted by molar-refractivity contribution is 5.50. The Morgan fingerprint density at radius 1 is 0.958 bits per heavy atom. The lowest BCUT2D eigenvalue weighted by Gasteiger charge is -2.31. The largest absolute Gasteiger partial charge is 0.507 e. The van der Waals surface area contributed by atoms with Gasteiger partial charge in [0.05, 0.1) is 12.1 Å². The van der Waals surface area contributed by atoms with Gasteiger partial charge in [-0.3, -0.25) is 0 Å². The second-order valence-corrected chi connectivity index (χ2v) is 9.53. The van der Waals surface area contributed by atoms with Crippen molar-refractivity contribution in [1.82, 2.24) is 0 Å². The molecule has 4 N–H and O–H groups in total. The van der Waals surface area contributed by atoms with E-state index in [1.165, 1.54) is 12.8 Å². The van der Waals surface area contributed by atoms with Crippen molar-refractivity contribution in [3.05, 3.63) is 28.8 Å². The third-order valence-corrected chi connectivity index (χ3v) is 5.38. The number of phenolic OH excluding ortho intramolecular Hbond substituents is 1. The molecule has 0 amide bonds. The Balaban J connectivity index is 2.49. The number of aromatic hydroxyl groups is 1. The number of aliphatic hydroxyl groups is 1. The van der Waals surface area contributed by atoms with Crippen molar-refractivity contribution in [1.29, 1.82) is 0 Å². The summed E-state index contributed by atoms with van der Waals surface area (Å²) in [6.07, 6.45) is 3.98. The lowest BCUT2D eigenvalue weighted by Crippen LogP contribution is -2.32. The van der Waals surface area contributed by atoms with Gasteiger partial charge in [0.15, 0.2) is 0 Å². The van der Waals surface area contributed by atoms with Crippen LogP contribution in [0.4, 0.5) is 0 Å². The second kappa shape index (κ2) is 6.68. The molecule has 1 aliphatic rings. The van der Waals surface area contributed by atoms with Crippen LogP contribution in [-0.2, 0) is 10.8 Å². The highest BCUT2D eigenvalue weighted by Gasteiger charge is 2.32. The summed E-state index contributed by atoms with van der Waals surface area (Å²) in [5, 5.41) is 21.6. The summed E-state index contributed by atoms with van der Waals surface area (Å²) >= 11 is 0. The molecule has 3 heteroatoms. The van der Waals surface area contributed by atoms with Gasteiger partial charge in [0.25, 0.3) is 0 Å². The molecule has 0 aliphatic heterocycles. The van der Waals surface area contributed by atoms with E-state index in [4.69, 9.17) is 5.73 Å². The average molecular weight is 334 g/mol. The van der Waals surface area contributed by atoms with Crippen molar-refractivity contribution < 1.29 is 10.2 Å². The summed E-state index contributed by atoms with van der Waals surface area (Å²) in [7, 11) is 0. The number of hydrogen-bond acceptors (Lipinski definition) is 3. The SMILES string of the molecule is CC(C)(C)c1cc([C@@H](N)[C@@H](O)C2CCCC2)cc(C(C)(C)C)c1O. The van der Waals surface area contributed by atoms with Gasteiger partial charge >= 0.3 is 0 Å². The monoisotopic (exact) mass is 333 g/mol. The van der Waals surface area contributed by atoms with Crippen LogP contribution in [0.25, 0.3) is 0 Å². The van der Waals surface area contributed by atoms with Crippen molar-refractivity contribution in [3.63, 3.8) is 0 Å². The molecule has 1 aromatic rings. The maximum atomic E-state index is 10.8. The van der Waals surface area contributed by atoms with Crippen molar-refractivity contribution in [2.75, 3.05) is 0 Å². The Bertz CT molecular complexity index is 539. The molecule has 136 valence electrons. The van der Waals surface area contributed by atoms with E-state index in [0.29, 0.717) is 11.7 Å². The molecule has 24 heavy (non-hydrogen) atoms. The molecule has 0 unspecified atom stereocenters. The van der Waals surface area contributed by atoms with Gasteiger partial charge in [0, 0.05) is 0 Å². The standard InChI is InChI=1S/C21H35NO2/c1-20(2,3)15-11-14(12-16(19(15)24)21(4,5)6)17(22)18(23)13-9-7-8-10-13/h11-13,17-18,23-24H,7-10,22H2,1-6H3/t17-,18+/m1/s1. The first-order valence-electron chi connectivity index (χ1n) is 9.24. The third kappa shape index (κ3) is 3.94. The van der Waals surface area contributed by atoms with E-state index >= 15 is 0 Å². The summed E-state index contributed by atoms with van der Waals surface area (Å²) in [6.45, 7) is 12.6. The molecule has 3 nitrogen and oxygen atoms in total. The molecule has 1 aliphatic carbocycles. The molecule has 1 fully saturated rings. The maximum Gasteiger partial charge on any atom is 0.123 e. The van der Waals surface area contributed by atoms with Crippen LogP contribution in [-0.4, -0.2) is 16.3 Å². The van der Waals surface area contributed by atoms with Crippen LogP contribution >= 0.6 is 0 Å². The van der Waals surface area contributed by atoms with Gasteiger partial charge in [0.2, 0.25) is 0 Å². The zero-order chi connectivity index (χ0) is 18.3. The fraction of sp³-hybridized carbons (Fsp3) is 0.714. The summed E-state index contributed by atoms with van der Waals surface area (Å²) in [6, 6.07) is 3.58. The van der Waals surface area contributed by atoms with Crippen LogP contribution in [0.1, 0.15) is 90.0 Å². The van der Waals surface area contributed by atoms with Crippen LogP contribution < -0.4 is 5.73 Å². The van der Waals surface area contributed by atoms with E-state index in [1.807, 2.05) is 12.1 Å². The quantitative estimate of drug-likeness (QED) is 0.761. The minimum absolute atomic E-state index is 0.182. The third-order valence-electron chi connectivity index (χ3n) is 5.38. The molecule has 0 heterocycles. The maximum absolute atomic E-state index is 10.8. The van der Waals surface area contributed by atoms with Crippen molar-refractivity contribution in [2.45, 2.75) is 90.2 Å². The van der Waals surface area contributed by atoms with Gasteiger partial charge in [0.1, 0.15) is 5.75 Å². The number of benzene rings is 1. The summed E-state index contributed by atoms with van der Waals surface area (Å²) in [5.41, 5.74) is 8.83. The Morgan fingerprint density at radius 3 is 1.75 bits per heavy atom. The van der Waals surface area contributed by atoms with Gasteiger partial charge in [-0.2, -0.15) is 0 Å². The van der Waals surface area contributed by atoms with Gasteiger partial charge < -0.3 is 15.9 Å². The minimum atomic E-state index is -0.516. The molecular weight excluding hydrogens is 298 g/mol. The first kappa shape index (κ1) is 19.3. The van der Waals surface area contributed by atoms with Gasteiger partial charge in [-0.1, -0.05) is 54.4 Å². The summed E-state index contributed by atoms with van der Waals surface area (Å²) in [4.78, 5) is 0. The number of nitrogens with two attached hydrogens (primary N) is 1. The molecule has 0 saturated heterocycles. The van der Waals surface area contributed by atoms with Crippen LogP contribution in [0.15, 0.2) is 12.1 Å². The number of hydrogen-bond donors (Lipinski definition) is 3. The number of phenols is 1. The fourth-order valence-corrected chi connectivity index (χ4v) is 3.78. The molecule has 0 bridgehead atoms. The lowest BCUT2D eigenvalue weighted by atomic mass is 9.77. The smallest absolute Gasteiger partial charge is 0.123 e. The first-order chi connectivity index (χ1) is 10.9. The normalized spacial score (nSPS) is 19.5. The zero-order valence-corrected chi connectivity index (χ0v) is 16.2. The van der Waals surface area contributed by atoms with Crippen LogP contribution in [0.2, 0.25) is 0 Å². The highest BCUT2D eigenvalue weighted by Crippen LogP contribution is 2.42. The second-order valence-electron chi connectivity index (χ2n) is 9.53. The zero-order valence-electron chi connectivity index (χ0n) is 16.2. The number of aliphatic hydroxyl groups excluding tert-OH is 1. The molecule has 0 spiro atoms. The molecular formula is C21H35NO2. The van der Waals surface area contributed by atoms with Crippen LogP contribution in [0, 0.1) is 5.92 Å². The van der Waals surface area contributed by atoms with Crippen LogP contribution in [0.5, 0.6) is 5.75 Å². The topological polar surface area (TPSA) is 66.5 Å². The predicted molar refractivity (Wildman–Crippen MR) is 100 cm³/mol. The van der Waals surface area contributed by atoms with Gasteiger partial charge in [-0.25, -0.2) is 0 Å². The van der Waals surface area contributed by atoms with E-state index in [-0.39, 0.29) is 10.8 Å². The van der Waals surface area contributed by atoms with E-state index in [9.17, 15) is 10.2 Å². The number of rotatable bonds is 3. The average Bonchev–Trinajstić information content (AvgIpc) is 2.97. The molecule has 2 rings (SSSR count). The minimum Gasteiger partial charge on any atom is -0.507 e. The Morgan fingerprint density at radius 2 is 1.38 bits per heavy atom. The fourth-order valence-electron chi connectivity index (χ4n) is 3.78. The molecule has 1 saturated carbocycles. The predicted octanol–water partition coefficient (Wildman–Crippen LogP) is 4.54. The summed E-state index contributed by atoms with van der Waals surface area (Å²) in [5.74, 6) is 0.659. The Kier molecular flexibility index (Phi) is 5.37. The van der Waals surface area contributed by atoms with Crippen molar-refractivity contribution in [2.24, 2.45) is 11.7 Å².